The summed E-state index contributed by atoms with van der Waals surface area (Å²) in [5, 5.41) is 0. The van der Waals surface area contributed by atoms with Crippen molar-refractivity contribution in [2.45, 2.75) is 13.5 Å². The van der Waals surface area contributed by atoms with E-state index < -0.39 is 6.61 Å². The minimum Gasteiger partial charge on any atom is -0.435 e. The molecule has 4 nitrogen and oxygen atoms in total. The molecule has 0 spiro atoms. The summed E-state index contributed by atoms with van der Waals surface area (Å²) in [6, 6.07) is 5.80. The quantitative estimate of drug-likeness (QED) is 0.786. The molecule has 18 heavy (non-hydrogen) atoms. The first kappa shape index (κ1) is 12.2. The summed E-state index contributed by atoms with van der Waals surface area (Å²) in [6.07, 6.45) is 0.570. The molecule has 1 aromatic heterocycles. The molecule has 1 heterocycles. The maximum absolute atomic E-state index is 12.0. The van der Waals surface area contributed by atoms with E-state index in [1.165, 1.54) is 24.3 Å². The molecule has 0 amide bonds. The lowest BCUT2D eigenvalue weighted by molar-refractivity contribution is -0.0498. The van der Waals surface area contributed by atoms with Gasteiger partial charge in [0.05, 0.1) is 5.69 Å². The summed E-state index contributed by atoms with van der Waals surface area (Å²) < 4.78 is 33.3. The molecule has 1 aromatic carbocycles. The second-order valence-electron chi connectivity index (χ2n) is 3.49. The third kappa shape index (κ3) is 2.53. The van der Waals surface area contributed by atoms with Crippen molar-refractivity contribution < 1.29 is 22.7 Å². The van der Waals surface area contributed by atoms with Gasteiger partial charge >= 0.3 is 6.61 Å². The summed E-state index contributed by atoms with van der Waals surface area (Å²) >= 11 is 0. The summed E-state index contributed by atoms with van der Waals surface area (Å²) in [4.78, 5) is 14.7. The van der Waals surface area contributed by atoms with Crippen molar-refractivity contribution in [3.63, 3.8) is 0 Å². The zero-order valence-corrected chi connectivity index (χ0v) is 9.39. The third-order valence-electron chi connectivity index (χ3n) is 2.27. The average molecular weight is 253 g/mol. The van der Waals surface area contributed by atoms with Crippen molar-refractivity contribution in [2.24, 2.45) is 0 Å². The number of hydrogen-bond donors (Lipinski definition) is 0. The van der Waals surface area contributed by atoms with Crippen molar-refractivity contribution in [3.8, 4) is 17.2 Å². The fourth-order valence-corrected chi connectivity index (χ4v) is 1.42. The number of carbonyl (C=O) groups is 1. The van der Waals surface area contributed by atoms with Gasteiger partial charge in [0, 0.05) is 5.56 Å². The molecular weight excluding hydrogens is 244 g/mol. The topological polar surface area (TPSA) is 52.3 Å². The van der Waals surface area contributed by atoms with Crippen LogP contribution < -0.4 is 4.74 Å². The lowest BCUT2D eigenvalue weighted by Gasteiger charge is -2.03. The highest BCUT2D eigenvalue weighted by molar-refractivity contribution is 5.73. The predicted molar refractivity (Wildman–Crippen MR) is 58.7 cm³/mol. The number of ether oxygens (including phenoxy) is 1. The lowest BCUT2D eigenvalue weighted by atomic mass is 10.2. The van der Waals surface area contributed by atoms with Gasteiger partial charge in [0.1, 0.15) is 5.75 Å². The molecule has 0 aliphatic rings. The van der Waals surface area contributed by atoms with Gasteiger partial charge < -0.3 is 9.15 Å². The van der Waals surface area contributed by atoms with Gasteiger partial charge in [-0.2, -0.15) is 8.78 Å². The van der Waals surface area contributed by atoms with Gasteiger partial charge in [0.2, 0.25) is 5.89 Å². The number of nitrogens with zero attached hydrogens (tertiary/aromatic N) is 1. The van der Waals surface area contributed by atoms with Gasteiger partial charge in [0.25, 0.3) is 0 Å². The van der Waals surface area contributed by atoms with Crippen LogP contribution in [0.25, 0.3) is 11.5 Å². The maximum Gasteiger partial charge on any atom is 0.387 e. The molecule has 0 aliphatic carbocycles. The average Bonchev–Trinajstić information content (AvgIpc) is 2.71. The van der Waals surface area contributed by atoms with Crippen LogP contribution >= 0.6 is 0 Å². The molecule has 0 aliphatic heterocycles. The van der Waals surface area contributed by atoms with Crippen molar-refractivity contribution >= 4 is 6.29 Å². The second-order valence-corrected chi connectivity index (χ2v) is 3.49. The Hall–Kier alpha value is -2.24. The summed E-state index contributed by atoms with van der Waals surface area (Å²) in [6.45, 7) is -1.22. The van der Waals surface area contributed by atoms with Gasteiger partial charge in [-0.15, -0.1) is 0 Å². The van der Waals surface area contributed by atoms with Crippen molar-refractivity contribution in [3.05, 3.63) is 35.7 Å². The van der Waals surface area contributed by atoms with Gasteiger partial charge in [-0.3, -0.25) is 4.79 Å². The number of aldehydes is 1. The van der Waals surface area contributed by atoms with Crippen LogP contribution in [0, 0.1) is 6.92 Å². The second kappa shape index (κ2) is 4.95. The fourth-order valence-electron chi connectivity index (χ4n) is 1.42. The number of aryl methyl sites for hydroxylation is 1. The Morgan fingerprint density at radius 3 is 2.50 bits per heavy atom. The highest BCUT2D eigenvalue weighted by atomic mass is 19.3. The first-order chi connectivity index (χ1) is 8.60. The molecule has 2 rings (SSSR count). The van der Waals surface area contributed by atoms with E-state index in [1.54, 1.807) is 6.92 Å². The fraction of sp³-hybridized carbons (Fsp3) is 0.167. The summed E-state index contributed by atoms with van der Waals surface area (Å²) in [5.41, 5.74) is 1.06. The molecular formula is C12H9F2NO3. The molecule has 0 saturated carbocycles. The van der Waals surface area contributed by atoms with Crippen LogP contribution in [0.5, 0.6) is 5.75 Å². The van der Waals surface area contributed by atoms with E-state index in [0.717, 1.165) is 0 Å². The molecule has 0 saturated heterocycles. The van der Waals surface area contributed by atoms with E-state index in [0.29, 0.717) is 17.5 Å². The highest BCUT2D eigenvalue weighted by Crippen LogP contribution is 2.24. The predicted octanol–water partition coefficient (Wildman–Crippen LogP) is 3.06. The smallest absolute Gasteiger partial charge is 0.387 e. The summed E-state index contributed by atoms with van der Waals surface area (Å²) in [5.74, 6) is 0.462. The van der Waals surface area contributed by atoms with Crippen LogP contribution in [0.15, 0.2) is 28.7 Å². The number of halogens is 2. The van der Waals surface area contributed by atoms with Crippen molar-refractivity contribution in [1.29, 1.82) is 0 Å². The van der Waals surface area contributed by atoms with Gasteiger partial charge in [0.15, 0.2) is 12.0 Å². The molecule has 0 unspecified atom stereocenters. The van der Waals surface area contributed by atoms with Crippen LogP contribution in [0.3, 0.4) is 0 Å². The minimum absolute atomic E-state index is 0.0487. The van der Waals surface area contributed by atoms with Crippen LogP contribution in [0.1, 0.15) is 16.2 Å². The van der Waals surface area contributed by atoms with E-state index in [2.05, 4.69) is 9.72 Å². The first-order valence-corrected chi connectivity index (χ1v) is 5.08. The summed E-state index contributed by atoms with van der Waals surface area (Å²) in [7, 11) is 0. The monoisotopic (exact) mass is 253 g/mol. The number of oxazole rings is 1. The lowest BCUT2D eigenvalue weighted by Crippen LogP contribution is -2.01. The largest absolute Gasteiger partial charge is 0.435 e. The van der Waals surface area contributed by atoms with E-state index in [4.69, 9.17) is 4.42 Å². The zero-order chi connectivity index (χ0) is 13.1. The highest BCUT2D eigenvalue weighted by Gasteiger charge is 2.11. The zero-order valence-electron chi connectivity index (χ0n) is 9.39. The number of rotatable bonds is 4. The van der Waals surface area contributed by atoms with Gasteiger partial charge in [-0.25, -0.2) is 4.98 Å². The Morgan fingerprint density at radius 1 is 1.33 bits per heavy atom. The Balaban J connectivity index is 2.25. The molecule has 0 fully saturated rings. The van der Waals surface area contributed by atoms with E-state index in [9.17, 15) is 13.6 Å². The van der Waals surface area contributed by atoms with Crippen molar-refractivity contribution in [2.75, 3.05) is 0 Å². The first-order valence-electron chi connectivity index (χ1n) is 5.08. The Morgan fingerprint density at radius 2 is 2.00 bits per heavy atom. The maximum atomic E-state index is 12.0. The minimum atomic E-state index is -2.86. The SMILES string of the molecule is Cc1nc(-c2ccc(OC(F)F)cc2)oc1C=O. The van der Waals surface area contributed by atoms with E-state index in [1.807, 2.05) is 0 Å². The van der Waals surface area contributed by atoms with Crippen LogP contribution in [0.4, 0.5) is 8.78 Å². The molecule has 2 aromatic rings. The van der Waals surface area contributed by atoms with Gasteiger partial charge in [-0.1, -0.05) is 0 Å². The molecule has 6 heteroatoms. The molecule has 0 atom stereocenters. The Labute approximate surface area is 101 Å². The van der Waals surface area contributed by atoms with E-state index in [-0.39, 0.29) is 17.4 Å². The van der Waals surface area contributed by atoms with Crippen LogP contribution in [0.2, 0.25) is 0 Å². The molecule has 0 radical (unpaired) electrons. The number of carbonyl (C=O) groups excluding carboxylic acids is 1. The Bertz CT molecular complexity index is 549. The van der Waals surface area contributed by atoms with Gasteiger partial charge in [-0.05, 0) is 31.2 Å². The molecule has 0 bridgehead atoms. The van der Waals surface area contributed by atoms with Crippen molar-refractivity contribution in [1.82, 2.24) is 4.98 Å². The standard InChI is InChI=1S/C12H9F2NO3/c1-7-10(6-16)18-11(15-7)8-2-4-9(5-3-8)17-12(13)14/h2-6,12H,1H3. The normalized spacial score (nSPS) is 10.7. The Kier molecular flexibility index (Phi) is 3.36. The number of alkyl halides is 2. The van der Waals surface area contributed by atoms with Crippen LogP contribution in [-0.4, -0.2) is 17.9 Å². The number of hydrogen-bond acceptors (Lipinski definition) is 4. The molecule has 0 N–H and O–H groups in total. The number of benzene rings is 1. The molecule has 94 valence electrons. The number of aromatic nitrogens is 1. The van der Waals surface area contributed by atoms with Crippen LogP contribution in [-0.2, 0) is 0 Å². The third-order valence-corrected chi connectivity index (χ3v) is 2.27. The van der Waals surface area contributed by atoms with E-state index >= 15 is 0 Å².